The molecule has 0 radical (unpaired) electrons. The summed E-state index contributed by atoms with van der Waals surface area (Å²) in [4.78, 5) is 40.0. The number of H-pyrrole nitrogens is 2. The highest BCUT2D eigenvalue weighted by Gasteiger charge is 2.14. The summed E-state index contributed by atoms with van der Waals surface area (Å²) in [5.74, 6) is 0.853. The van der Waals surface area contributed by atoms with E-state index in [2.05, 4.69) is 15.3 Å². The molecule has 1 aliphatic rings. The molecule has 126 valence electrons. The highest BCUT2D eigenvalue weighted by Crippen LogP contribution is 2.32. The lowest BCUT2D eigenvalue weighted by molar-refractivity contribution is 0.102. The standard InChI is InChI=1S/C17H13N3O5/c21-15(18-10-2-4-13-14(8-10)25-6-5-24-13)9-1-3-11-12(7-9)20-17(23)16(22)19-11/h1-4,7-8H,5-6H2,(H,18,21)(H,19,22)(H,20,23). The van der Waals surface area contributed by atoms with E-state index in [1.165, 1.54) is 6.07 Å². The minimum atomic E-state index is -0.767. The first kappa shape index (κ1) is 15.0. The zero-order valence-electron chi connectivity index (χ0n) is 12.9. The van der Waals surface area contributed by atoms with Crippen LogP contribution in [0.1, 0.15) is 10.4 Å². The fourth-order valence-electron chi connectivity index (χ4n) is 2.58. The van der Waals surface area contributed by atoms with Gasteiger partial charge in [0.1, 0.15) is 13.2 Å². The number of ether oxygens (including phenoxy) is 2. The van der Waals surface area contributed by atoms with Crippen molar-refractivity contribution in [2.45, 2.75) is 0 Å². The molecule has 8 nitrogen and oxygen atoms in total. The van der Waals surface area contributed by atoms with Crippen molar-refractivity contribution in [2.24, 2.45) is 0 Å². The quantitative estimate of drug-likeness (QED) is 0.608. The normalized spacial score (nSPS) is 12.8. The van der Waals surface area contributed by atoms with Crippen LogP contribution in [-0.4, -0.2) is 29.1 Å². The molecular weight excluding hydrogens is 326 g/mol. The minimum Gasteiger partial charge on any atom is -0.486 e. The molecule has 1 aromatic heterocycles. The maximum absolute atomic E-state index is 12.4. The van der Waals surface area contributed by atoms with E-state index in [0.717, 1.165) is 0 Å². The van der Waals surface area contributed by atoms with Gasteiger partial charge >= 0.3 is 11.1 Å². The third kappa shape index (κ3) is 2.85. The van der Waals surface area contributed by atoms with Crippen molar-refractivity contribution in [3.05, 3.63) is 62.7 Å². The van der Waals surface area contributed by atoms with Crippen LogP contribution in [0, 0.1) is 0 Å². The van der Waals surface area contributed by atoms with Gasteiger partial charge in [0.2, 0.25) is 0 Å². The van der Waals surface area contributed by atoms with Gasteiger partial charge in [-0.3, -0.25) is 14.4 Å². The molecule has 0 saturated heterocycles. The molecule has 0 aliphatic carbocycles. The Balaban J connectivity index is 1.62. The highest BCUT2D eigenvalue weighted by molar-refractivity contribution is 6.06. The number of benzene rings is 2. The van der Waals surface area contributed by atoms with E-state index in [-0.39, 0.29) is 5.91 Å². The van der Waals surface area contributed by atoms with Gasteiger partial charge in [-0.15, -0.1) is 0 Å². The van der Waals surface area contributed by atoms with Gasteiger partial charge in [-0.1, -0.05) is 0 Å². The van der Waals surface area contributed by atoms with Gasteiger partial charge < -0.3 is 24.8 Å². The van der Waals surface area contributed by atoms with Crippen LogP contribution in [0.25, 0.3) is 11.0 Å². The summed E-state index contributed by atoms with van der Waals surface area (Å²) in [6, 6.07) is 9.75. The van der Waals surface area contributed by atoms with E-state index < -0.39 is 11.1 Å². The molecule has 2 heterocycles. The van der Waals surface area contributed by atoms with Gasteiger partial charge in [-0.25, -0.2) is 0 Å². The highest BCUT2D eigenvalue weighted by atomic mass is 16.6. The van der Waals surface area contributed by atoms with Crippen molar-refractivity contribution in [3.8, 4) is 11.5 Å². The number of aromatic amines is 2. The van der Waals surface area contributed by atoms with Crippen molar-refractivity contribution in [1.82, 2.24) is 9.97 Å². The third-order valence-electron chi connectivity index (χ3n) is 3.78. The van der Waals surface area contributed by atoms with Crippen molar-refractivity contribution in [1.29, 1.82) is 0 Å². The summed E-state index contributed by atoms with van der Waals surface area (Å²) in [6.45, 7) is 0.955. The first-order chi connectivity index (χ1) is 12.1. The Labute approximate surface area is 140 Å². The Kier molecular flexibility index (Phi) is 3.50. The predicted octanol–water partition coefficient (Wildman–Crippen LogP) is 1.24. The van der Waals surface area contributed by atoms with Crippen LogP contribution >= 0.6 is 0 Å². The van der Waals surface area contributed by atoms with Crippen LogP contribution in [0.15, 0.2) is 46.0 Å². The average molecular weight is 339 g/mol. The van der Waals surface area contributed by atoms with E-state index in [1.807, 2.05) is 0 Å². The molecule has 25 heavy (non-hydrogen) atoms. The number of carbonyl (C=O) groups excluding carboxylic acids is 1. The van der Waals surface area contributed by atoms with Crippen molar-refractivity contribution < 1.29 is 14.3 Å². The molecule has 0 bridgehead atoms. The number of rotatable bonds is 2. The fraction of sp³-hybridized carbons (Fsp3) is 0.118. The molecule has 3 N–H and O–H groups in total. The van der Waals surface area contributed by atoms with E-state index in [1.54, 1.807) is 30.3 Å². The van der Waals surface area contributed by atoms with Gasteiger partial charge in [-0.2, -0.15) is 0 Å². The molecule has 8 heteroatoms. The number of carbonyl (C=O) groups is 1. The number of hydrogen-bond donors (Lipinski definition) is 3. The Morgan fingerprint density at radius 1 is 0.880 bits per heavy atom. The predicted molar refractivity (Wildman–Crippen MR) is 90.6 cm³/mol. The number of fused-ring (bicyclic) bond motifs is 2. The molecular formula is C17H13N3O5. The zero-order valence-corrected chi connectivity index (χ0v) is 12.9. The second-order valence-corrected chi connectivity index (χ2v) is 5.48. The Morgan fingerprint density at radius 3 is 2.40 bits per heavy atom. The van der Waals surface area contributed by atoms with Crippen LogP contribution in [-0.2, 0) is 0 Å². The van der Waals surface area contributed by atoms with Crippen molar-refractivity contribution in [3.63, 3.8) is 0 Å². The van der Waals surface area contributed by atoms with Crippen molar-refractivity contribution >= 4 is 22.6 Å². The fourth-order valence-corrected chi connectivity index (χ4v) is 2.58. The van der Waals surface area contributed by atoms with Crippen LogP contribution in [0.4, 0.5) is 5.69 Å². The maximum Gasteiger partial charge on any atom is 0.314 e. The topological polar surface area (TPSA) is 113 Å². The van der Waals surface area contributed by atoms with Crippen LogP contribution in [0.5, 0.6) is 11.5 Å². The second kappa shape index (κ2) is 5.82. The summed E-state index contributed by atoms with van der Waals surface area (Å²) < 4.78 is 10.9. The van der Waals surface area contributed by atoms with Gasteiger partial charge in [0.15, 0.2) is 11.5 Å². The molecule has 1 amide bonds. The SMILES string of the molecule is O=C(Nc1ccc2c(c1)OCCO2)c1ccc2[nH]c(=O)c(=O)[nH]c2c1. The smallest absolute Gasteiger partial charge is 0.314 e. The summed E-state index contributed by atoms with van der Waals surface area (Å²) in [6.07, 6.45) is 0. The molecule has 0 atom stereocenters. The molecule has 2 aromatic carbocycles. The zero-order chi connectivity index (χ0) is 17.4. The summed E-state index contributed by atoms with van der Waals surface area (Å²) in [7, 11) is 0. The molecule has 0 fully saturated rings. The van der Waals surface area contributed by atoms with Gasteiger partial charge in [-0.05, 0) is 30.3 Å². The number of aromatic nitrogens is 2. The molecule has 1 aliphatic heterocycles. The van der Waals surface area contributed by atoms with Gasteiger partial charge in [0.25, 0.3) is 5.91 Å². The Bertz CT molecular complexity index is 1100. The van der Waals surface area contributed by atoms with Crippen molar-refractivity contribution in [2.75, 3.05) is 18.5 Å². The molecule has 4 rings (SSSR count). The minimum absolute atomic E-state index is 0.338. The first-order valence-electron chi connectivity index (χ1n) is 7.57. The largest absolute Gasteiger partial charge is 0.486 e. The molecule has 0 unspecified atom stereocenters. The second-order valence-electron chi connectivity index (χ2n) is 5.48. The van der Waals surface area contributed by atoms with E-state index >= 15 is 0 Å². The summed E-state index contributed by atoms with van der Waals surface area (Å²) in [5.41, 5.74) is 0.215. The van der Waals surface area contributed by atoms with E-state index in [9.17, 15) is 14.4 Å². The number of amides is 1. The number of anilines is 1. The van der Waals surface area contributed by atoms with Crippen LogP contribution < -0.4 is 25.9 Å². The van der Waals surface area contributed by atoms with Gasteiger partial charge in [0.05, 0.1) is 11.0 Å². The maximum atomic E-state index is 12.4. The van der Waals surface area contributed by atoms with E-state index in [0.29, 0.717) is 47.0 Å². The lowest BCUT2D eigenvalue weighted by Gasteiger charge is -2.19. The van der Waals surface area contributed by atoms with E-state index in [4.69, 9.17) is 9.47 Å². The van der Waals surface area contributed by atoms with Crippen LogP contribution in [0.3, 0.4) is 0 Å². The third-order valence-corrected chi connectivity index (χ3v) is 3.78. The molecule has 0 spiro atoms. The number of hydrogen-bond acceptors (Lipinski definition) is 5. The molecule has 0 saturated carbocycles. The molecule has 3 aromatic rings. The number of nitrogens with one attached hydrogen (secondary N) is 3. The summed E-state index contributed by atoms with van der Waals surface area (Å²) in [5, 5.41) is 2.76. The lowest BCUT2D eigenvalue weighted by atomic mass is 10.1. The Hall–Kier alpha value is -3.55. The van der Waals surface area contributed by atoms with Crippen LogP contribution in [0.2, 0.25) is 0 Å². The average Bonchev–Trinajstić information content (AvgIpc) is 2.62. The Morgan fingerprint density at radius 2 is 1.60 bits per heavy atom. The monoisotopic (exact) mass is 339 g/mol. The summed E-state index contributed by atoms with van der Waals surface area (Å²) >= 11 is 0. The first-order valence-corrected chi connectivity index (χ1v) is 7.57. The lowest BCUT2D eigenvalue weighted by Crippen LogP contribution is -2.29. The van der Waals surface area contributed by atoms with Gasteiger partial charge in [0, 0.05) is 17.3 Å².